The summed E-state index contributed by atoms with van der Waals surface area (Å²) < 4.78 is 5.30. The van der Waals surface area contributed by atoms with Gasteiger partial charge in [0.1, 0.15) is 10.2 Å². The van der Waals surface area contributed by atoms with Gasteiger partial charge in [-0.1, -0.05) is 11.6 Å². The zero-order chi connectivity index (χ0) is 14.2. The normalized spacial score (nSPS) is 11.1. The highest BCUT2D eigenvalue weighted by Crippen LogP contribution is 2.37. The molecule has 0 amide bonds. The second-order valence-corrected chi connectivity index (χ2v) is 5.77. The maximum atomic E-state index is 6.27. The van der Waals surface area contributed by atoms with Crippen LogP contribution in [0.2, 0.25) is 5.15 Å². The van der Waals surface area contributed by atoms with Gasteiger partial charge in [0.2, 0.25) is 0 Å². The van der Waals surface area contributed by atoms with Crippen molar-refractivity contribution in [1.82, 2.24) is 15.0 Å². The first-order valence-corrected chi connectivity index (χ1v) is 7.41. The van der Waals surface area contributed by atoms with Gasteiger partial charge in [0.05, 0.1) is 23.0 Å². The maximum absolute atomic E-state index is 6.27. The van der Waals surface area contributed by atoms with E-state index in [0.29, 0.717) is 5.15 Å². The molecule has 21 heavy (non-hydrogen) atoms. The molecule has 102 valence electrons. The van der Waals surface area contributed by atoms with Crippen LogP contribution in [-0.2, 0) is 0 Å². The third-order valence-electron chi connectivity index (χ3n) is 3.07. The highest BCUT2D eigenvalue weighted by Gasteiger charge is 2.14. The summed E-state index contributed by atoms with van der Waals surface area (Å²) in [6.07, 6.45) is 6.84. The number of thiazole rings is 1. The first kappa shape index (κ1) is 12.5. The van der Waals surface area contributed by atoms with Gasteiger partial charge in [0, 0.05) is 23.3 Å². The van der Waals surface area contributed by atoms with Crippen molar-refractivity contribution < 1.29 is 4.42 Å². The SMILES string of the molecule is Clc1nc(-c2cccnc2)sc1-c1cc2ccoc2cn1. The van der Waals surface area contributed by atoms with Gasteiger partial charge in [-0.2, -0.15) is 0 Å². The molecule has 4 aromatic heterocycles. The fourth-order valence-electron chi connectivity index (χ4n) is 2.06. The number of rotatable bonds is 2. The lowest BCUT2D eigenvalue weighted by Crippen LogP contribution is -1.79. The smallest absolute Gasteiger partial charge is 0.152 e. The van der Waals surface area contributed by atoms with Crippen LogP contribution in [0.4, 0.5) is 0 Å². The lowest BCUT2D eigenvalue weighted by molar-refractivity contribution is 0.614. The average Bonchev–Trinajstić information content (AvgIpc) is 3.13. The number of hydrogen-bond donors (Lipinski definition) is 0. The van der Waals surface area contributed by atoms with Crippen LogP contribution in [0.25, 0.3) is 32.1 Å². The summed E-state index contributed by atoms with van der Waals surface area (Å²) >= 11 is 7.77. The summed E-state index contributed by atoms with van der Waals surface area (Å²) in [7, 11) is 0. The maximum Gasteiger partial charge on any atom is 0.152 e. The van der Waals surface area contributed by atoms with E-state index in [1.54, 1.807) is 24.9 Å². The van der Waals surface area contributed by atoms with Crippen molar-refractivity contribution >= 4 is 33.9 Å². The lowest BCUT2D eigenvalue weighted by Gasteiger charge is -1.96. The fraction of sp³-hybridized carbons (Fsp3) is 0. The highest BCUT2D eigenvalue weighted by atomic mass is 35.5. The van der Waals surface area contributed by atoms with Crippen LogP contribution in [0.5, 0.6) is 0 Å². The zero-order valence-electron chi connectivity index (χ0n) is 10.7. The van der Waals surface area contributed by atoms with Crippen LogP contribution in [0.15, 0.2) is 53.5 Å². The molecule has 0 aromatic carbocycles. The van der Waals surface area contributed by atoms with E-state index in [0.717, 1.165) is 32.1 Å². The molecule has 4 rings (SSSR count). The van der Waals surface area contributed by atoms with Crippen molar-refractivity contribution in [2.75, 3.05) is 0 Å². The van der Waals surface area contributed by atoms with Crippen LogP contribution >= 0.6 is 22.9 Å². The van der Waals surface area contributed by atoms with E-state index in [1.807, 2.05) is 24.3 Å². The number of furan rings is 1. The van der Waals surface area contributed by atoms with E-state index in [2.05, 4.69) is 15.0 Å². The van der Waals surface area contributed by atoms with E-state index < -0.39 is 0 Å². The molecule has 0 bridgehead atoms. The number of hydrogen-bond acceptors (Lipinski definition) is 5. The summed E-state index contributed by atoms with van der Waals surface area (Å²) in [5.74, 6) is 0. The van der Waals surface area contributed by atoms with Crippen molar-refractivity contribution in [3.8, 4) is 21.1 Å². The van der Waals surface area contributed by atoms with Crippen molar-refractivity contribution in [2.45, 2.75) is 0 Å². The standard InChI is InChI=1S/C15H8ClN3OS/c16-14-13(11-6-9-3-5-20-12(9)8-18-11)21-15(19-14)10-2-1-4-17-7-10/h1-8H. The minimum absolute atomic E-state index is 0.453. The summed E-state index contributed by atoms with van der Waals surface area (Å²) in [5, 5.41) is 2.28. The van der Waals surface area contributed by atoms with Gasteiger partial charge >= 0.3 is 0 Å². The first-order valence-electron chi connectivity index (χ1n) is 6.21. The zero-order valence-corrected chi connectivity index (χ0v) is 12.2. The molecule has 0 N–H and O–H groups in total. The molecule has 4 aromatic rings. The average molecular weight is 314 g/mol. The van der Waals surface area contributed by atoms with Crippen LogP contribution in [0, 0.1) is 0 Å². The van der Waals surface area contributed by atoms with Crippen molar-refractivity contribution in [1.29, 1.82) is 0 Å². The van der Waals surface area contributed by atoms with Crippen molar-refractivity contribution in [2.24, 2.45) is 0 Å². The van der Waals surface area contributed by atoms with Gasteiger partial charge in [-0.15, -0.1) is 11.3 Å². The van der Waals surface area contributed by atoms with Crippen LogP contribution in [0.1, 0.15) is 0 Å². The third-order valence-corrected chi connectivity index (χ3v) is 4.58. The molecule has 0 aliphatic rings. The Balaban J connectivity index is 1.83. The predicted molar refractivity (Wildman–Crippen MR) is 83.4 cm³/mol. The second kappa shape index (κ2) is 4.95. The lowest BCUT2D eigenvalue weighted by atomic mass is 10.2. The molecule has 0 saturated heterocycles. The Morgan fingerprint density at radius 1 is 1.19 bits per heavy atom. The van der Waals surface area contributed by atoms with E-state index >= 15 is 0 Å². The van der Waals surface area contributed by atoms with E-state index in [4.69, 9.17) is 16.0 Å². The molecule has 0 atom stereocenters. The minimum atomic E-state index is 0.453. The molecule has 0 fully saturated rings. The molecule has 4 nitrogen and oxygen atoms in total. The Morgan fingerprint density at radius 2 is 2.14 bits per heavy atom. The quantitative estimate of drug-likeness (QED) is 0.540. The number of nitrogens with zero attached hydrogens (tertiary/aromatic N) is 3. The largest absolute Gasteiger partial charge is 0.463 e. The van der Waals surface area contributed by atoms with E-state index in [1.165, 1.54) is 11.3 Å². The number of pyridine rings is 2. The molecular weight excluding hydrogens is 306 g/mol. The molecule has 0 aliphatic heterocycles. The monoisotopic (exact) mass is 313 g/mol. The summed E-state index contributed by atoms with van der Waals surface area (Å²) in [5.41, 5.74) is 2.49. The number of halogens is 1. The van der Waals surface area contributed by atoms with Crippen LogP contribution in [0.3, 0.4) is 0 Å². The molecule has 0 saturated carbocycles. The van der Waals surface area contributed by atoms with Gasteiger partial charge < -0.3 is 4.42 Å². The summed E-state index contributed by atoms with van der Waals surface area (Å²) in [4.78, 5) is 13.7. The molecule has 0 spiro atoms. The van der Waals surface area contributed by atoms with Gasteiger partial charge in [-0.3, -0.25) is 9.97 Å². The Morgan fingerprint density at radius 3 is 3.00 bits per heavy atom. The Kier molecular flexibility index (Phi) is 2.94. The van der Waals surface area contributed by atoms with E-state index in [9.17, 15) is 0 Å². The molecule has 0 aliphatic carbocycles. The van der Waals surface area contributed by atoms with Gasteiger partial charge in [-0.25, -0.2) is 4.98 Å². The van der Waals surface area contributed by atoms with Crippen molar-refractivity contribution in [3.05, 3.63) is 54.3 Å². The molecule has 0 unspecified atom stereocenters. The van der Waals surface area contributed by atoms with Crippen LogP contribution < -0.4 is 0 Å². The van der Waals surface area contributed by atoms with Crippen molar-refractivity contribution in [3.63, 3.8) is 0 Å². The predicted octanol–water partition coefficient (Wildman–Crippen LogP) is 4.67. The third kappa shape index (κ3) is 2.20. The minimum Gasteiger partial charge on any atom is -0.463 e. The highest BCUT2D eigenvalue weighted by molar-refractivity contribution is 7.19. The number of aromatic nitrogens is 3. The Labute approximate surface area is 129 Å². The van der Waals surface area contributed by atoms with Crippen LogP contribution in [-0.4, -0.2) is 15.0 Å². The molecule has 6 heteroatoms. The summed E-state index contributed by atoms with van der Waals surface area (Å²) in [6.45, 7) is 0. The molecule has 0 radical (unpaired) electrons. The second-order valence-electron chi connectivity index (χ2n) is 4.41. The molecular formula is C15H8ClN3OS. The summed E-state index contributed by atoms with van der Waals surface area (Å²) in [6, 6.07) is 7.68. The fourth-order valence-corrected chi connectivity index (χ4v) is 3.33. The van der Waals surface area contributed by atoms with E-state index in [-0.39, 0.29) is 0 Å². The van der Waals surface area contributed by atoms with Gasteiger partial charge in [0.25, 0.3) is 0 Å². The Bertz CT molecular complexity index is 917. The van der Waals surface area contributed by atoms with Gasteiger partial charge in [0.15, 0.2) is 5.58 Å². The topological polar surface area (TPSA) is 51.8 Å². The van der Waals surface area contributed by atoms with Gasteiger partial charge in [-0.05, 0) is 24.3 Å². The first-order chi connectivity index (χ1) is 10.3. The molecule has 4 heterocycles. The number of fused-ring (bicyclic) bond motifs is 1. The Hall–Kier alpha value is -2.24.